The largest absolute Gasteiger partial charge is 0.381 e. The van der Waals surface area contributed by atoms with Crippen LogP contribution in [0.2, 0.25) is 0 Å². The van der Waals surface area contributed by atoms with Gasteiger partial charge in [0.25, 0.3) is 0 Å². The second-order valence-corrected chi connectivity index (χ2v) is 6.93. The lowest BCUT2D eigenvalue weighted by Crippen LogP contribution is -2.39. The fourth-order valence-electron chi connectivity index (χ4n) is 4.65. The molecule has 0 heterocycles. The summed E-state index contributed by atoms with van der Waals surface area (Å²) in [5.41, 5.74) is 0. The average Bonchev–Trinajstić information content (AvgIpc) is 2.43. The van der Waals surface area contributed by atoms with Gasteiger partial charge < -0.3 is 4.74 Å². The van der Waals surface area contributed by atoms with Crippen molar-refractivity contribution in [2.75, 3.05) is 7.11 Å². The smallest absolute Gasteiger partial charge is 0.0599 e. The van der Waals surface area contributed by atoms with E-state index in [0.717, 1.165) is 29.6 Å². The fourth-order valence-corrected chi connectivity index (χ4v) is 4.65. The third-order valence-electron chi connectivity index (χ3n) is 6.07. The summed E-state index contributed by atoms with van der Waals surface area (Å²) in [7, 11) is 1.89. The lowest BCUT2D eigenvalue weighted by atomic mass is 9.63. The zero-order valence-corrected chi connectivity index (χ0v) is 13.3. The van der Waals surface area contributed by atoms with Crippen LogP contribution in [0.1, 0.15) is 59.3 Å². The second-order valence-electron chi connectivity index (χ2n) is 6.93. The molecule has 110 valence electrons. The van der Waals surface area contributed by atoms with E-state index in [4.69, 9.17) is 4.74 Å². The molecule has 19 heavy (non-hydrogen) atoms. The predicted octanol–water partition coefficient (Wildman–Crippen LogP) is 5.07. The maximum Gasteiger partial charge on any atom is 0.0599 e. The molecule has 2 rings (SSSR count). The normalized spacial score (nSPS) is 44.6. The Labute approximate surface area is 119 Å². The van der Waals surface area contributed by atoms with Crippen LogP contribution in [0.15, 0.2) is 12.2 Å². The minimum Gasteiger partial charge on any atom is -0.381 e. The van der Waals surface area contributed by atoms with Crippen LogP contribution in [-0.4, -0.2) is 13.2 Å². The van der Waals surface area contributed by atoms with Crippen LogP contribution in [-0.2, 0) is 4.74 Å². The van der Waals surface area contributed by atoms with Crippen molar-refractivity contribution in [3.63, 3.8) is 0 Å². The van der Waals surface area contributed by atoms with Crippen molar-refractivity contribution in [2.24, 2.45) is 29.6 Å². The molecule has 0 amide bonds. The maximum absolute atomic E-state index is 5.65. The van der Waals surface area contributed by atoms with Crippen LogP contribution < -0.4 is 0 Å². The topological polar surface area (TPSA) is 9.23 Å². The lowest BCUT2D eigenvalue weighted by molar-refractivity contribution is -0.0329. The van der Waals surface area contributed by atoms with E-state index in [0.29, 0.717) is 6.10 Å². The molecule has 0 N–H and O–H groups in total. The zero-order chi connectivity index (χ0) is 13.8. The lowest BCUT2D eigenvalue weighted by Gasteiger charge is -2.44. The van der Waals surface area contributed by atoms with E-state index >= 15 is 0 Å². The molecule has 1 nitrogen and oxygen atoms in total. The van der Waals surface area contributed by atoms with E-state index in [-0.39, 0.29) is 0 Å². The summed E-state index contributed by atoms with van der Waals surface area (Å²) in [5.74, 6) is 4.37. The quantitative estimate of drug-likeness (QED) is 0.647. The van der Waals surface area contributed by atoms with E-state index < -0.39 is 0 Å². The van der Waals surface area contributed by atoms with Gasteiger partial charge in [0.1, 0.15) is 0 Å². The summed E-state index contributed by atoms with van der Waals surface area (Å²) >= 11 is 0. The summed E-state index contributed by atoms with van der Waals surface area (Å²) in [6.07, 6.45) is 13.6. The Balaban J connectivity index is 1.89. The number of rotatable bonds is 3. The van der Waals surface area contributed by atoms with Gasteiger partial charge in [-0.2, -0.15) is 0 Å². The molecule has 2 aliphatic carbocycles. The molecule has 0 aromatic rings. The highest BCUT2D eigenvalue weighted by atomic mass is 16.5. The Bertz CT molecular complexity index is 288. The molecule has 0 saturated heterocycles. The molecule has 2 aliphatic rings. The van der Waals surface area contributed by atoms with E-state index in [1.807, 2.05) is 7.11 Å². The number of ether oxygens (including phenoxy) is 1. The first kappa shape index (κ1) is 15.1. The molecule has 0 spiro atoms. The van der Waals surface area contributed by atoms with E-state index in [1.54, 1.807) is 0 Å². The first-order valence-corrected chi connectivity index (χ1v) is 8.33. The van der Waals surface area contributed by atoms with Gasteiger partial charge >= 0.3 is 0 Å². The summed E-state index contributed by atoms with van der Waals surface area (Å²) in [4.78, 5) is 0. The van der Waals surface area contributed by atoms with Crippen LogP contribution in [0.3, 0.4) is 0 Å². The predicted molar refractivity (Wildman–Crippen MR) is 82.1 cm³/mol. The van der Waals surface area contributed by atoms with Crippen molar-refractivity contribution >= 4 is 0 Å². The molecule has 4 atom stereocenters. The molecule has 1 heteroatoms. The van der Waals surface area contributed by atoms with Gasteiger partial charge in [0.05, 0.1) is 6.10 Å². The molecule has 0 bridgehead atoms. The summed E-state index contributed by atoms with van der Waals surface area (Å²) in [6, 6.07) is 0. The number of hydrogen-bond acceptors (Lipinski definition) is 1. The molecular formula is C18H32O. The van der Waals surface area contributed by atoms with Crippen LogP contribution >= 0.6 is 0 Å². The van der Waals surface area contributed by atoms with Gasteiger partial charge in [-0.25, -0.2) is 0 Å². The Hall–Kier alpha value is -0.300. The Morgan fingerprint density at radius 2 is 1.58 bits per heavy atom. The van der Waals surface area contributed by atoms with Gasteiger partial charge in [-0.15, -0.1) is 0 Å². The van der Waals surface area contributed by atoms with Gasteiger partial charge in [0.15, 0.2) is 0 Å². The summed E-state index contributed by atoms with van der Waals surface area (Å²) in [6.45, 7) is 7.02. The molecule has 0 radical (unpaired) electrons. The molecule has 0 aromatic heterocycles. The van der Waals surface area contributed by atoms with Crippen molar-refractivity contribution in [2.45, 2.75) is 65.4 Å². The van der Waals surface area contributed by atoms with Crippen molar-refractivity contribution in [1.29, 1.82) is 0 Å². The van der Waals surface area contributed by atoms with Gasteiger partial charge in [0.2, 0.25) is 0 Å². The third-order valence-corrected chi connectivity index (χ3v) is 6.07. The maximum atomic E-state index is 5.65. The van der Waals surface area contributed by atoms with Crippen LogP contribution in [0.5, 0.6) is 0 Å². The minimum absolute atomic E-state index is 0.505. The first-order valence-electron chi connectivity index (χ1n) is 8.33. The molecular weight excluding hydrogens is 232 g/mol. The third kappa shape index (κ3) is 3.42. The van der Waals surface area contributed by atoms with Crippen molar-refractivity contribution in [3.05, 3.63) is 12.2 Å². The van der Waals surface area contributed by atoms with E-state index in [2.05, 4.69) is 32.9 Å². The Kier molecular flexibility index (Phi) is 5.50. The second kappa shape index (κ2) is 6.92. The fraction of sp³-hybridized carbons (Fsp3) is 0.889. The number of methoxy groups -OCH3 is 1. The van der Waals surface area contributed by atoms with Gasteiger partial charge in [0, 0.05) is 7.11 Å². The standard InChI is InChI=1S/C18H32O/c1-5-6-15-7-9-16(10-8-15)17-11-12-18(19-4)14(3)13(17)2/h5-6,13-18H,7-12H2,1-4H3/b6-5+. The Morgan fingerprint density at radius 1 is 0.895 bits per heavy atom. The highest BCUT2D eigenvalue weighted by Crippen LogP contribution is 2.45. The number of hydrogen-bond donors (Lipinski definition) is 0. The zero-order valence-electron chi connectivity index (χ0n) is 13.3. The molecule has 0 aromatic carbocycles. The van der Waals surface area contributed by atoms with Crippen LogP contribution in [0.4, 0.5) is 0 Å². The SMILES string of the molecule is C/C=C/C1CCC(C2CCC(OC)C(C)C2C)CC1. The summed E-state index contributed by atoms with van der Waals surface area (Å²) < 4.78 is 5.65. The highest BCUT2D eigenvalue weighted by molar-refractivity contribution is 4.93. The van der Waals surface area contributed by atoms with E-state index in [9.17, 15) is 0 Å². The van der Waals surface area contributed by atoms with Crippen molar-refractivity contribution in [1.82, 2.24) is 0 Å². The van der Waals surface area contributed by atoms with Crippen molar-refractivity contribution < 1.29 is 4.74 Å². The van der Waals surface area contributed by atoms with E-state index in [1.165, 1.54) is 38.5 Å². The highest BCUT2D eigenvalue weighted by Gasteiger charge is 2.38. The molecule has 0 aliphatic heterocycles. The average molecular weight is 264 g/mol. The van der Waals surface area contributed by atoms with Gasteiger partial charge in [-0.05, 0) is 75.0 Å². The van der Waals surface area contributed by atoms with Gasteiger partial charge in [-0.3, -0.25) is 0 Å². The molecule has 2 fully saturated rings. The molecule has 2 saturated carbocycles. The van der Waals surface area contributed by atoms with Crippen molar-refractivity contribution in [3.8, 4) is 0 Å². The number of allylic oxidation sites excluding steroid dienone is 2. The first-order chi connectivity index (χ1) is 9.17. The van der Waals surface area contributed by atoms with Crippen LogP contribution in [0.25, 0.3) is 0 Å². The summed E-state index contributed by atoms with van der Waals surface area (Å²) in [5, 5.41) is 0. The van der Waals surface area contributed by atoms with Crippen LogP contribution in [0, 0.1) is 29.6 Å². The monoisotopic (exact) mass is 264 g/mol. The Morgan fingerprint density at radius 3 is 2.16 bits per heavy atom. The minimum atomic E-state index is 0.505. The molecule has 4 unspecified atom stereocenters. The van der Waals surface area contributed by atoms with Gasteiger partial charge in [-0.1, -0.05) is 26.0 Å².